The minimum Gasteiger partial charge on any atom is -0.397 e. The standard InChI is InChI=1S/C15H15N3O2S/c1-10-3-6-14(13(17)7-10)18-21(19,20)15-8-12(9-16)5-4-11(15)2/h3-8,18H,17H2,1-2H3. The van der Waals surface area contributed by atoms with E-state index in [4.69, 9.17) is 11.0 Å². The smallest absolute Gasteiger partial charge is 0.262 e. The van der Waals surface area contributed by atoms with Gasteiger partial charge in [-0.2, -0.15) is 5.26 Å². The van der Waals surface area contributed by atoms with Crippen molar-refractivity contribution in [3.63, 3.8) is 0 Å². The minimum atomic E-state index is -3.79. The van der Waals surface area contributed by atoms with E-state index in [1.807, 2.05) is 13.0 Å². The highest BCUT2D eigenvalue weighted by Crippen LogP contribution is 2.25. The molecular formula is C15H15N3O2S. The maximum Gasteiger partial charge on any atom is 0.262 e. The van der Waals surface area contributed by atoms with Gasteiger partial charge in [0.25, 0.3) is 10.0 Å². The van der Waals surface area contributed by atoms with E-state index in [2.05, 4.69) is 4.72 Å². The molecule has 0 aliphatic rings. The second-order valence-electron chi connectivity index (χ2n) is 4.79. The van der Waals surface area contributed by atoms with Crippen molar-refractivity contribution in [1.29, 1.82) is 5.26 Å². The largest absolute Gasteiger partial charge is 0.397 e. The number of hydrogen-bond acceptors (Lipinski definition) is 4. The highest BCUT2D eigenvalue weighted by Gasteiger charge is 2.18. The lowest BCUT2D eigenvalue weighted by Gasteiger charge is -2.12. The van der Waals surface area contributed by atoms with Crippen molar-refractivity contribution in [1.82, 2.24) is 0 Å². The first-order valence-electron chi connectivity index (χ1n) is 6.23. The minimum absolute atomic E-state index is 0.0709. The number of nitrogen functional groups attached to an aromatic ring is 1. The van der Waals surface area contributed by atoms with Crippen LogP contribution in [0.25, 0.3) is 0 Å². The molecule has 5 nitrogen and oxygen atoms in total. The van der Waals surface area contributed by atoms with Crippen molar-refractivity contribution in [3.05, 3.63) is 53.1 Å². The molecule has 2 rings (SSSR count). The summed E-state index contributed by atoms with van der Waals surface area (Å²) < 4.78 is 27.4. The highest BCUT2D eigenvalue weighted by molar-refractivity contribution is 7.92. The molecule has 6 heteroatoms. The fourth-order valence-corrected chi connectivity index (χ4v) is 3.29. The number of rotatable bonds is 3. The summed E-state index contributed by atoms with van der Waals surface area (Å²) in [7, 11) is -3.79. The molecule has 0 aromatic heterocycles. The van der Waals surface area contributed by atoms with E-state index >= 15 is 0 Å². The van der Waals surface area contributed by atoms with Crippen molar-refractivity contribution in [2.24, 2.45) is 0 Å². The van der Waals surface area contributed by atoms with E-state index in [-0.39, 0.29) is 10.5 Å². The van der Waals surface area contributed by atoms with Gasteiger partial charge in [-0.05, 0) is 49.2 Å². The average molecular weight is 301 g/mol. The van der Waals surface area contributed by atoms with Gasteiger partial charge in [-0.1, -0.05) is 12.1 Å². The van der Waals surface area contributed by atoms with Gasteiger partial charge in [0.1, 0.15) is 0 Å². The third-order valence-electron chi connectivity index (χ3n) is 3.06. The third-order valence-corrected chi connectivity index (χ3v) is 4.57. The number of aryl methyl sites for hydroxylation is 2. The third kappa shape index (κ3) is 3.15. The molecule has 0 heterocycles. The van der Waals surface area contributed by atoms with Crippen LogP contribution in [0.5, 0.6) is 0 Å². The number of nitrogens with zero attached hydrogens (tertiary/aromatic N) is 1. The molecule has 0 atom stereocenters. The summed E-state index contributed by atoms with van der Waals surface area (Å²) in [5.41, 5.74) is 8.29. The topological polar surface area (TPSA) is 96.0 Å². The van der Waals surface area contributed by atoms with Crippen LogP contribution in [0, 0.1) is 25.2 Å². The average Bonchev–Trinajstić information content (AvgIpc) is 2.42. The van der Waals surface area contributed by atoms with Crippen molar-refractivity contribution in [2.45, 2.75) is 18.7 Å². The van der Waals surface area contributed by atoms with Crippen LogP contribution in [0.4, 0.5) is 11.4 Å². The molecule has 2 aromatic carbocycles. The molecule has 0 bridgehead atoms. The van der Waals surface area contributed by atoms with Crippen molar-refractivity contribution < 1.29 is 8.42 Å². The maximum absolute atomic E-state index is 12.5. The number of hydrogen-bond donors (Lipinski definition) is 2. The highest BCUT2D eigenvalue weighted by atomic mass is 32.2. The fraction of sp³-hybridized carbons (Fsp3) is 0.133. The Hall–Kier alpha value is -2.52. The van der Waals surface area contributed by atoms with E-state index in [1.165, 1.54) is 6.07 Å². The fourth-order valence-electron chi connectivity index (χ4n) is 1.93. The van der Waals surface area contributed by atoms with Crippen LogP contribution < -0.4 is 10.5 Å². The zero-order valence-corrected chi connectivity index (χ0v) is 12.5. The molecule has 108 valence electrons. The Bertz CT molecular complexity index is 836. The second kappa shape index (κ2) is 5.46. The first kappa shape index (κ1) is 14.9. The van der Waals surface area contributed by atoms with Crippen molar-refractivity contribution in [3.8, 4) is 6.07 Å². The molecular weight excluding hydrogens is 286 g/mol. The molecule has 0 spiro atoms. The SMILES string of the molecule is Cc1ccc(NS(=O)(=O)c2cc(C#N)ccc2C)c(N)c1. The van der Waals surface area contributed by atoms with E-state index in [0.717, 1.165) is 5.56 Å². The molecule has 3 N–H and O–H groups in total. The molecule has 21 heavy (non-hydrogen) atoms. The molecule has 0 aliphatic carbocycles. The first-order chi connectivity index (χ1) is 9.83. The molecule has 0 saturated heterocycles. The Morgan fingerprint density at radius 3 is 2.48 bits per heavy atom. The lowest BCUT2D eigenvalue weighted by Crippen LogP contribution is -2.15. The quantitative estimate of drug-likeness (QED) is 0.851. The Labute approximate surface area is 124 Å². The van der Waals surface area contributed by atoms with E-state index in [9.17, 15) is 8.42 Å². The number of anilines is 2. The van der Waals surface area contributed by atoms with Crippen molar-refractivity contribution in [2.75, 3.05) is 10.5 Å². The van der Waals surface area contributed by atoms with Gasteiger partial charge >= 0.3 is 0 Å². The van der Waals surface area contributed by atoms with Gasteiger partial charge in [-0.3, -0.25) is 4.72 Å². The maximum atomic E-state index is 12.5. The van der Waals surface area contributed by atoms with Crippen LogP contribution in [-0.2, 0) is 10.0 Å². The van der Waals surface area contributed by atoms with Crippen LogP contribution in [0.1, 0.15) is 16.7 Å². The van der Waals surface area contributed by atoms with Crippen LogP contribution in [0.3, 0.4) is 0 Å². The predicted molar refractivity (Wildman–Crippen MR) is 82.3 cm³/mol. The van der Waals surface area contributed by atoms with Gasteiger partial charge in [-0.15, -0.1) is 0 Å². The Morgan fingerprint density at radius 2 is 1.86 bits per heavy atom. The van der Waals surface area contributed by atoms with E-state index in [1.54, 1.807) is 37.3 Å². The number of nitrogens with one attached hydrogen (secondary N) is 1. The summed E-state index contributed by atoms with van der Waals surface area (Å²) in [6.07, 6.45) is 0. The Kier molecular flexibility index (Phi) is 3.87. The number of nitriles is 1. The second-order valence-corrected chi connectivity index (χ2v) is 6.44. The van der Waals surface area contributed by atoms with Crippen LogP contribution in [0.15, 0.2) is 41.3 Å². The molecule has 0 radical (unpaired) electrons. The zero-order valence-electron chi connectivity index (χ0n) is 11.7. The van der Waals surface area contributed by atoms with Gasteiger partial charge in [0.2, 0.25) is 0 Å². The summed E-state index contributed by atoms with van der Waals surface area (Å²) in [5.74, 6) is 0. The zero-order chi connectivity index (χ0) is 15.6. The molecule has 0 aliphatic heterocycles. The number of nitrogens with two attached hydrogens (primary N) is 1. The monoisotopic (exact) mass is 301 g/mol. The summed E-state index contributed by atoms with van der Waals surface area (Å²) in [6.45, 7) is 3.55. The summed E-state index contributed by atoms with van der Waals surface area (Å²) in [6, 6.07) is 11.5. The predicted octanol–water partition coefficient (Wildman–Crippen LogP) is 2.56. The van der Waals surface area contributed by atoms with Crippen LogP contribution in [-0.4, -0.2) is 8.42 Å². The molecule has 0 amide bonds. The summed E-state index contributed by atoms with van der Waals surface area (Å²) >= 11 is 0. The number of sulfonamides is 1. The molecule has 0 saturated carbocycles. The van der Waals surface area contributed by atoms with Gasteiger partial charge in [-0.25, -0.2) is 8.42 Å². The Balaban J connectivity index is 2.46. The lowest BCUT2D eigenvalue weighted by atomic mass is 10.2. The lowest BCUT2D eigenvalue weighted by molar-refractivity contribution is 0.600. The summed E-state index contributed by atoms with van der Waals surface area (Å²) in [5, 5.41) is 8.90. The van der Waals surface area contributed by atoms with E-state index < -0.39 is 10.0 Å². The Morgan fingerprint density at radius 1 is 1.14 bits per heavy atom. The molecule has 0 fully saturated rings. The first-order valence-corrected chi connectivity index (χ1v) is 7.71. The van der Waals surface area contributed by atoms with Crippen LogP contribution >= 0.6 is 0 Å². The number of benzene rings is 2. The van der Waals surface area contributed by atoms with Crippen molar-refractivity contribution >= 4 is 21.4 Å². The van der Waals surface area contributed by atoms with Gasteiger partial charge < -0.3 is 5.73 Å². The molecule has 0 unspecified atom stereocenters. The molecule has 2 aromatic rings. The normalized spacial score (nSPS) is 10.9. The van der Waals surface area contributed by atoms with Gasteiger partial charge in [0, 0.05) is 0 Å². The van der Waals surface area contributed by atoms with Gasteiger partial charge in [0.05, 0.1) is 27.9 Å². The van der Waals surface area contributed by atoms with Crippen LogP contribution in [0.2, 0.25) is 0 Å². The summed E-state index contributed by atoms with van der Waals surface area (Å²) in [4.78, 5) is 0.0709. The van der Waals surface area contributed by atoms with Gasteiger partial charge in [0.15, 0.2) is 0 Å². The van der Waals surface area contributed by atoms with E-state index in [0.29, 0.717) is 16.9 Å².